The molecule has 4 aromatic rings. The van der Waals surface area contributed by atoms with Gasteiger partial charge in [-0.15, -0.1) is 0 Å². The van der Waals surface area contributed by atoms with Gasteiger partial charge in [0, 0.05) is 28.0 Å². The topological polar surface area (TPSA) is 276 Å². The highest BCUT2D eigenvalue weighted by Crippen LogP contribution is 2.39. The van der Waals surface area contributed by atoms with Crippen LogP contribution in [0.2, 0.25) is 0 Å². The Hall–Kier alpha value is -5.92. The van der Waals surface area contributed by atoms with E-state index in [1.165, 1.54) is 0 Å². The molecule has 16 N–H and O–H groups in total. The lowest BCUT2D eigenvalue weighted by Crippen LogP contribution is -2.50. The number of nitrogens with two attached hydrogens (primary N) is 8. The van der Waals surface area contributed by atoms with Gasteiger partial charge in [-0.1, -0.05) is 48.5 Å². The lowest BCUT2D eigenvalue weighted by Gasteiger charge is -2.38. The van der Waals surface area contributed by atoms with Crippen LogP contribution in [0.4, 0.5) is 11.4 Å². The van der Waals surface area contributed by atoms with Crippen molar-refractivity contribution in [2.75, 3.05) is 0 Å². The largest absolute Gasteiger partial charge is 0.487 e. The lowest BCUT2D eigenvalue weighted by atomic mass is 9.86. The Kier molecular flexibility index (Phi) is 8.42. The monoisotopic (exact) mass is 596 g/mol. The first-order valence-corrected chi connectivity index (χ1v) is 13.8. The maximum absolute atomic E-state index is 6.65. The average Bonchev–Trinajstić information content (AvgIpc) is 2.96. The number of guanidine groups is 4. The third kappa shape index (κ3) is 6.59. The summed E-state index contributed by atoms with van der Waals surface area (Å²) in [4.78, 5) is 17.5. The molecule has 0 heterocycles. The van der Waals surface area contributed by atoms with E-state index in [1.54, 1.807) is 12.1 Å². The van der Waals surface area contributed by atoms with Crippen LogP contribution in [-0.2, 0) is 0 Å². The van der Waals surface area contributed by atoms with Crippen molar-refractivity contribution in [3.05, 3.63) is 72.8 Å². The molecule has 1 fully saturated rings. The first-order chi connectivity index (χ1) is 21.1. The van der Waals surface area contributed by atoms with Crippen molar-refractivity contribution < 1.29 is 9.47 Å². The number of nitrogens with zero attached hydrogens (tertiary/aromatic N) is 4. The Balaban J connectivity index is 1.54. The van der Waals surface area contributed by atoms with Crippen LogP contribution in [0, 0.1) is 0 Å². The van der Waals surface area contributed by atoms with Crippen molar-refractivity contribution in [2.45, 2.75) is 37.1 Å². The molecule has 0 saturated heterocycles. The third-order valence-corrected chi connectivity index (χ3v) is 7.21. The van der Waals surface area contributed by atoms with Gasteiger partial charge in [0.2, 0.25) is 0 Å². The predicted molar refractivity (Wildman–Crippen MR) is 176 cm³/mol. The molecule has 1 aliphatic carbocycles. The van der Waals surface area contributed by atoms with Gasteiger partial charge in [0.15, 0.2) is 23.8 Å². The zero-order chi connectivity index (χ0) is 31.4. The van der Waals surface area contributed by atoms with Crippen LogP contribution in [-0.4, -0.2) is 48.1 Å². The van der Waals surface area contributed by atoms with E-state index < -0.39 is 24.3 Å². The second-order valence-electron chi connectivity index (χ2n) is 10.4. The molecule has 5 rings (SSSR count). The Bertz CT molecular complexity index is 1660. The molecular weight excluding hydrogens is 560 g/mol. The predicted octanol–water partition coefficient (Wildman–Crippen LogP) is 1.08. The van der Waals surface area contributed by atoms with Crippen molar-refractivity contribution >= 4 is 56.8 Å². The summed E-state index contributed by atoms with van der Waals surface area (Å²) in [5, 5.41) is 3.24. The van der Waals surface area contributed by atoms with E-state index in [0.717, 1.165) is 21.5 Å². The zero-order valence-electron chi connectivity index (χ0n) is 23.9. The van der Waals surface area contributed by atoms with Crippen molar-refractivity contribution in [3.63, 3.8) is 0 Å². The Labute approximate surface area is 253 Å². The van der Waals surface area contributed by atoms with Crippen LogP contribution in [0.1, 0.15) is 12.8 Å². The number of hydrogen-bond acceptors (Lipinski definition) is 6. The molecule has 4 atom stereocenters. The van der Waals surface area contributed by atoms with Gasteiger partial charge in [0.1, 0.15) is 23.7 Å². The fourth-order valence-electron chi connectivity index (χ4n) is 5.52. The first kappa shape index (κ1) is 29.6. The fraction of sp³-hybridized carbons (Fsp3) is 0.200. The summed E-state index contributed by atoms with van der Waals surface area (Å²) < 4.78 is 13.3. The van der Waals surface area contributed by atoms with E-state index in [0.29, 0.717) is 35.7 Å². The third-order valence-electron chi connectivity index (χ3n) is 7.21. The summed E-state index contributed by atoms with van der Waals surface area (Å²) >= 11 is 0. The molecule has 0 unspecified atom stereocenters. The van der Waals surface area contributed by atoms with Crippen LogP contribution in [0.15, 0.2) is 92.8 Å². The molecule has 1 aliphatic rings. The number of benzene rings is 4. The van der Waals surface area contributed by atoms with Crippen LogP contribution in [0.25, 0.3) is 21.5 Å². The summed E-state index contributed by atoms with van der Waals surface area (Å²) in [6, 6.07) is 21.5. The Morgan fingerprint density at radius 1 is 0.477 bits per heavy atom. The van der Waals surface area contributed by atoms with E-state index in [4.69, 9.17) is 55.3 Å². The van der Waals surface area contributed by atoms with Gasteiger partial charge >= 0.3 is 0 Å². The van der Waals surface area contributed by atoms with Gasteiger partial charge < -0.3 is 55.3 Å². The van der Waals surface area contributed by atoms with Gasteiger partial charge in [-0.2, -0.15) is 0 Å². The maximum Gasteiger partial charge on any atom is 0.191 e. The molecule has 1 saturated carbocycles. The van der Waals surface area contributed by atoms with Crippen LogP contribution >= 0.6 is 0 Å². The highest BCUT2D eigenvalue weighted by molar-refractivity contribution is 5.99. The Morgan fingerprint density at radius 2 is 0.864 bits per heavy atom. The second-order valence-corrected chi connectivity index (χ2v) is 10.4. The van der Waals surface area contributed by atoms with Gasteiger partial charge in [-0.3, -0.25) is 0 Å². The molecule has 0 radical (unpaired) electrons. The molecule has 0 spiro atoms. The number of ether oxygens (including phenoxy) is 2. The number of aliphatic imine (C=N–C) groups is 4. The van der Waals surface area contributed by atoms with E-state index in [-0.39, 0.29) is 23.8 Å². The van der Waals surface area contributed by atoms with Crippen LogP contribution < -0.4 is 55.3 Å². The molecule has 0 aromatic heterocycles. The minimum atomic E-state index is -0.517. The standard InChI is InChI=1S/C30H36N12O2/c31-27(32)39-19-9-11-23(17-7-3-1-5-15(17)19)43-25-14-26(22(42-30(37)38)13-21(25)41-29(35)36)44-24-12-10-20(40-28(33)34)16-6-2-4-8-18(16)24/h1-12,21-22,25-26H,13-14H2,(H4,31,32,39)(H4,33,34,40)(H4,35,36,41)(H4,37,38,42)/t21-,22+,25-,26+. The molecule has 0 amide bonds. The van der Waals surface area contributed by atoms with Crippen LogP contribution in [0.3, 0.4) is 0 Å². The van der Waals surface area contributed by atoms with Gasteiger partial charge in [0.05, 0.1) is 23.5 Å². The summed E-state index contributed by atoms with van der Waals surface area (Å²) in [5.74, 6) is 0.938. The maximum atomic E-state index is 6.65. The van der Waals surface area contributed by atoms with Crippen molar-refractivity contribution in [1.29, 1.82) is 0 Å². The minimum Gasteiger partial charge on any atom is -0.487 e. The van der Waals surface area contributed by atoms with Crippen molar-refractivity contribution in [3.8, 4) is 11.5 Å². The minimum absolute atomic E-state index is 0.0476. The number of fused-ring (bicyclic) bond motifs is 2. The quantitative estimate of drug-likeness (QED) is 0.106. The highest BCUT2D eigenvalue weighted by atomic mass is 16.5. The van der Waals surface area contributed by atoms with Crippen molar-refractivity contribution in [2.24, 2.45) is 65.8 Å². The molecule has 4 aromatic carbocycles. The molecule has 228 valence electrons. The van der Waals surface area contributed by atoms with Gasteiger partial charge in [-0.05, 0) is 30.7 Å². The van der Waals surface area contributed by atoms with Gasteiger partial charge in [0.25, 0.3) is 0 Å². The van der Waals surface area contributed by atoms with Crippen molar-refractivity contribution in [1.82, 2.24) is 0 Å². The zero-order valence-corrected chi connectivity index (χ0v) is 23.9. The first-order valence-electron chi connectivity index (χ1n) is 13.8. The summed E-state index contributed by atoms with van der Waals surface area (Å²) in [7, 11) is 0. The summed E-state index contributed by atoms with van der Waals surface area (Å²) in [5.41, 5.74) is 47.2. The lowest BCUT2D eigenvalue weighted by molar-refractivity contribution is 0.0432. The summed E-state index contributed by atoms with van der Waals surface area (Å²) in [6.45, 7) is 0. The average molecular weight is 597 g/mol. The number of hydrogen-bond donors (Lipinski definition) is 8. The fourth-order valence-corrected chi connectivity index (χ4v) is 5.52. The summed E-state index contributed by atoms with van der Waals surface area (Å²) in [6.07, 6.45) is -0.343. The smallest absolute Gasteiger partial charge is 0.191 e. The molecule has 0 bridgehead atoms. The number of rotatable bonds is 8. The molecule has 44 heavy (non-hydrogen) atoms. The molecule has 14 nitrogen and oxygen atoms in total. The highest BCUT2D eigenvalue weighted by Gasteiger charge is 2.41. The second kappa shape index (κ2) is 12.5. The molecular formula is C30H36N12O2. The van der Waals surface area contributed by atoms with E-state index in [1.807, 2.05) is 60.7 Å². The SMILES string of the molecule is NC(N)=Nc1ccc(O[C@H]2C[C@@H](Oc3ccc(N=C(N)N)c4ccccc34)[C@H](N=C(N)N)C[C@@H]2N=C(N)N)c2ccccc12. The van der Waals surface area contributed by atoms with Gasteiger partial charge in [-0.25, -0.2) is 20.0 Å². The van der Waals surface area contributed by atoms with E-state index in [2.05, 4.69) is 20.0 Å². The molecule has 0 aliphatic heterocycles. The van der Waals surface area contributed by atoms with Crippen LogP contribution in [0.5, 0.6) is 11.5 Å². The van der Waals surface area contributed by atoms with E-state index >= 15 is 0 Å². The van der Waals surface area contributed by atoms with E-state index in [9.17, 15) is 0 Å². The normalized spacial score (nSPS) is 19.5. The Morgan fingerprint density at radius 3 is 1.23 bits per heavy atom. The molecule has 14 heteroatoms.